The number of nitrogens with two attached hydrogens (primary N) is 2. The average molecular weight is 2030 g/mol. The van der Waals surface area contributed by atoms with Gasteiger partial charge in [0, 0.05) is 36.9 Å². The lowest BCUT2D eigenvalue weighted by atomic mass is 10.1. The molecule has 0 fully saturated rings. The van der Waals surface area contributed by atoms with E-state index < -0.39 is 123 Å². The lowest BCUT2D eigenvalue weighted by molar-refractivity contribution is 0.209. The largest absolute Gasteiger partial charge is 0.488 e. The molecule has 0 heterocycles. The molecule has 6 atom stereocenters. The Hall–Kier alpha value is -6.37. The Kier molecular flexibility index (Phi) is 41.7. The second-order valence-electron chi connectivity index (χ2n) is 25.7. The summed E-state index contributed by atoms with van der Waals surface area (Å²) in [6.07, 6.45) is -2.68. The second kappa shape index (κ2) is 46.7. The predicted molar refractivity (Wildman–Crippen MR) is 454 cm³/mol. The van der Waals surface area contributed by atoms with Gasteiger partial charge in [0.1, 0.15) is 82.5 Å². The van der Waals surface area contributed by atoms with Gasteiger partial charge >= 0.3 is 0 Å². The maximum absolute atomic E-state index is 13.8. The van der Waals surface area contributed by atoms with Crippen LogP contribution in [-0.4, -0.2) is 101 Å². The van der Waals surface area contributed by atoms with Gasteiger partial charge in [-0.1, -0.05) is 99.0 Å². The highest BCUT2D eigenvalue weighted by atomic mass is 127. The molecule has 0 amide bonds. The Morgan fingerprint density at radius 2 is 0.535 bits per heavy atom. The molecule has 8 aromatic rings. The lowest BCUT2D eigenvalue weighted by Gasteiger charge is -2.21. The predicted octanol–water partition coefficient (Wildman–Crippen LogP) is 19.4. The number of benzene rings is 8. The Bertz CT molecular complexity index is 4580. The van der Waals surface area contributed by atoms with E-state index in [9.17, 15) is 69.2 Å². The number of sulfonamides is 2. The molecule has 0 saturated carbocycles. The minimum Gasteiger partial charge on any atom is -0.488 e. The summed E-state index contributed by atoms with van der Waals surface area (Å²) in [4.78, 5) is 0.815. The number of nitrogens with one attached hydrogen (secondary N) is 4. The standard InChI is InChI=1S/C30H39IN2O6S2.C24H17F10IN2O2.C12H19IN2O2.C9H11ClO2S.2C2H6/c1-18-12-20(3)29(21(4)13-18)40(34,35)32-16-24(7)38-26-10-9-11-27(28(26)31)39-25(8)17-33-41(36,37)30-22(5)14-19(2)15-23(30)6;1-8(6-36-23-18(31)14(27)12(25)15(28)19(23)32)38-10-4-3-5-11(22(10)35)39-9(2)7-37-24-20(33)16(29)13(26)17(30)21(24)34;1-8(6-14)16-10-4-3-5-11(12(10)13)17-9(2)7-15;1-6-4-7(2)9(8(3)5-6)13(10,11)12;2*1-2/h9-15,24-25,32-33H,16-17H2,1-8H3;3-5,8-9,36-37H,6-7H2,1-2H3;3-5,8-9H,6-7,14-15H2,1-2H3;4-5H,1-3H3;2*1-2H3/t24-,25-;2*8-,9-;;;/m000.../s1. The Labute approximate surface area is 708 Å². The maximum Gasteiger partial charge on any atom is 0.261 e. The number of hydrogen-bond acceptors (Lipinski definition) is 16. The SMILES string of the molecule is CC.CC.C[C@@H](CN)Oc1cccc(O[C@@H](C)CN)c1I.C[C@@H](CNc1c(F)c(F)c(F)c(F)c1F)Oc1cccc(O[C@@H](C)CNc2c(F)c(F)c(F)c(F)c2F)c1I.Cc1cc(C)c(S(=O)(=O)Cl)c(C)c1.Cc1cc(C)c(S(=O)(=O)NC[C@H](C)Oc2cccc(O[C@@H](C)CNS(=O)(=O)c3c(C)cc(C)cc3C)c2I)c(C)c1. The fourth-order valence-electron chi connectivity index (χ4n) is 10.9. The summed E-state index contributed by atoms with van der Waals surface area (Å²) in [5.41, 5.74) is 15.9. The van der Waals surface area contributed by atoms with Crippen molar-refractivity contribution in [3.63, 3.8) is 0 Å². The fourth-order valence-corrected chi connectivity index (χ4v) is 17.5. The average Bonchev–Trinajstić information content (AvgIpc) is 0.806. The van der Waals surface area contributed by atoms with Crippen molar-refractivity contribution >= 4 is 119 Å². The summed E-state index contributed by atoms with van der Waals surface area (Å²) in [6.45, 7) is 35.2. The van der Waals surface area contributed by atoms with E-state index in [0.29, 0.717) is 65.1 Å². The minimum absolute atomic E-state index is 0.00861. The fraction of sp³-hybridized carbons (Fsp3) is 0.392. The summed E-state index contributed by atoms with van der Waals surface area (Å²) in [7, 11) is -5.75. The van der Waals surface area contributed by atoms with Crippen LogP contribution in [0.1, 0.15) is 119 Å². The molecule has 35 heteroatoms. The highest BCUT2D eigenvalue weighted by molar-refractivity contribution is 14.1. The minimum atomic E-state index is -3.72. The van der Waals surface area contributed by atoms with E-state index in [4.69, 9.17) is 50.6 Å². The number of anilines is 2. The molecular formula is C79H98ClF10I3N6O12S3. The molecule has 114 heavy (non-hydrogen) atoms. The van der Waals surface area contributed by atoms with Gasteiger partial charge in [-0.25, -0.2) is 78.6 Å². The van der Waals surface area contributed by atoms with E-state index in [1.165, 1.54) is 32.0 Å². The van der Waals surface area contributed by atoms with Gasteiger partial charge in [-0.3, -0.25) is 0 Å². The molecule has 0 aromatic heterocycles. The summed E-state index contributed by atoms with van der Waals surface area (Å²) < 4.78 is 252. The van der Waals surface area contributed by atoms with E-state index in [0.717, 1.165) is 31.8 Å². The van der Waals surface area contributed by atoms with Crippen molar-refractivity contribution in [2.45, 2.75) is 183 Å². The van der Waals surface area contributed by atoms with Gasteiger partial charge in [-0.15, -0.1) is 0 Å². The smallest absolute Gasteiger partial charge is 0.261 e. The van der Waals surface area contributed by atoms with Crippen molar-refractivity contribution in [1.29, 1.82) is 0 Å². The van der Waals surface area contributed by atoms with Crippen LogP contribution < -0.4 is 60.0 Å². The van der Waals surface area contributed by atoms with Crippen molar-refractivity contribution in [3.05, 3.63) is 210 Å². The third-order valence-electron chi connectivity index (χ3n) is 15.7. The van der Waals surface area contributed by atoms with Gasteiger partial charge in [-0.05, 0) is 241 Å². The van der Waals surface area contributed by atoms with Crippen molar-refractivity contribution in [1.82, 2.24) is 9.44 Å². The monoisotopic (exact) mass is 2020 g/mol. The van der Waals surface area contributed by atoms with Gasteiger partial charge in [0.25, 0.3) is 9.05 Å². The van der Waals surface area contributed by atoms with Crippen LogP contribution in [0, 0.1) is 131 Å². The van der Waals surface area contributed by atoms with Crippen molar-refractivity contribution < 1.29 is 97.6 Å². The molecule has 0 radical (unpaired) electrons. The Balaban J connectivity index is 0.000000423. The maximum atomic E-state index is 13.8. The van der Waals surface area contributed by atoms with Gasteiger partial charge < -0.3 is 50.5 Å². The molecule has 8 rings (SSSR count). The number of ether oxygens (including phenoxy) is 6. The van der Waals surface area contributed by atoms with Crippen LogP contribution in [0.15, 0.2) is 106 Å². The molecule has 632 valence electrons. The number of rotatable bonds is 29. The van der Waals surface area contributed by atoms with E-state index >= 15 is 0 Å². The molecule has 0 bridgehead atoms. The van der Waals surface area contributed by atoms with Gasteiger partial charge in [0.05, 0.1) is 38.5 Å². The van der Waals surface area contributed by atoms with Crippen molar-refractivity contribution in [2.75, 3.05) is 49.9 Å². The van der Waals surface area contributed by atoms with E-state index in [1.54, 1.807) is 73.6 Å². The summed E-state index contributed by atoms with van der Waals surface area (Å²) in [6, 6.07) is 26.6. The first-order chi connectivity index (χ1) is 53.2. The number of hydrogen-bond donors (Lipinski definition) is 6. The van der Waals surface area contributed by atoms with Crippen LogP contribution in [0.4, 0.5) is 55.3 Å². The first kappa shape index (κ1) is 102. The van der Waals surface area contributed by atoms with Crippen molar-refractivity contribution in [2.24, 2.45) is 11.5 Å². The molecule has 0 aliphatic rings. The molecule has 8 aromatic carbocycles. The molecule has 18 nitrogen and oxygen atoms in total. The zero-order valence-corrected chi connectivity index (χ0v) is 76.1. The molecule has 0 aliphatic heterocycles. The van der Waals surface area contributed by atoms with Crippen LogP contribution in [0.3, 0.4) is 0 Å². The highest BCUT2D eigenvalue weighted by Crippen LogP contribution is 2.37. The van der Waals surface area contributed by atoms with Crippen molar-refractivity contribution in [3.8, 4) is 34.5 Å². The van der Waals surface area contributed by atoms with Gasteiger partial charge in [0.15, 0.2) is 46.5 Å². The third kappa shape index (κ3) is 29.0. The summed E-state index contributed by atoms with van der Waals surface area (Å²) in [5, 5.41) is 4.25. The first-order valence-electron chi connectivity index (χ1n) is 35.6. The normalized spacial score (nSPS) is 12.8. The van der Waals surface area contributed by atoms with Gasteiger partial charge in [-0.2, -0.15) is 0 Å². The molecule has 0 aliphatic carbocycles. The molecule has 0 saturated heterocycles. The number of halogens is 14. The van der Waals surface area contributed by atoms with E-state index in [-0.39, 0.29) is 64.6 Å². The van der Waals surface area contributed by atoms with Crippen LogP contribution in [0.25, 0.3) is 0 Å². The molecular weight excluding hydrogens is 1930 g/mol. The van der Waals surface area contributed by atoms with Crippen LogP contribution in [-0.2, 0) is 29.1 Å². The van der Waals surface area contributed by atoms with E-state index in [2.05, 4.69) is 65.3 Å². The van der Waals surface area contributed by atoms with Crippen LogP contribution in [0.2, 0.25) is 0 Å². The van der Waals surface area contributed by atoms with Gasteiger partial charge in [0.2, 0.25) is 31.7 Å². The third-order valence-corrected chi connectivity index (χ3v) is 23.9. The van der Waals surface area contributed by atoms with E-state index in [1.807, 2.05) is 140 Å². The quantitative estimate of drug-likeness (QED) is 0.00837. The summed E-state index contributed by atoms with van der Waals surface area (Å²) >= 11 is 6.14. The first-order valence-corrected chi connectivity index (χ1v) is 44.1. The highest BCUT2D eigenvalue weighted by Gasteiger charge is 2.30. The lowest BCUT2D eigenvalue weighted by Crippen LogP contribution is -2.35. The summed E-state index contributed by atoms with van der Waals surface area (Å²) in [5.74, 6) is -18.1. The zero-order chi connectivity index (χ0) is 86.9. The molecule has 0 spiro atoms. The number of aryl methyl sites for hydroxylation is 9. The topological polar surface area (TPSA) is 258 Å². The van der Waals surface area contributed by atoms with Crippen LogP contribution >= 0.6 is 78.5 Å². The molecule has 0 unspecified atom stereocenters. The molecule has 8 N–H and O–H groups in total. The Morgan fingerprint density at radius 3 is 0.746 bits per heavy atom. The second-order valence-corrected chi connectivity index (χ2v) is 34.9. The van der Waals surface area contributed by atoms with Crippen LogP contribution in [0.5, 0.6) is 34.5 Å². The zero-order valence-electron chi connectivity index (χ0n) is 66.4. The Morgan fingerprint density at radius 1 is 0.342 bits per heavy atom.